The molecule has 1 rings (SSSR count). The number of nitrogens with one attached hydrogen (secondary N) is 1. The maximum atomic E-state index is 3.69. The summed E-state index contributed by atoms with van der Waals surface area (Å²) in [6.45, 7) is 7.77. The van der Waals surface area contributed by atoms with Crippen molar-refractivity contribution in [1.29, 1.82) is 0 Å². The lowest BCUT2D eigenvalue weighted by Crippen LogP contribution is -2.00. The Kier molecular flexibility index (Phi) is 5.51. The van der Waals surface area contributed by atoms with E-state index in [1.54, 1.807) is 18.0 Å². The van der Waals surface area contributed by atoms with Crippen LogP contribution >= 0.6 is 11.9 Å². The van der Waals surface area contributed by atoms with Gasteiger partial charge in [-0.3, -0.25) is 0 Å². The van der Waals surface area contributed by atoms with Gasteiger partial charge in [0, 0.05) is 10.6 Å². The molecule has 0 saturated carbocycles. The zero-order valence-electron chi connectivity index (χ0n) is 9.73. The molecule has 0 atom stereocenters. The van der Waals surface area contributed by atoms with E-state index in [9.17, 15) is 0 Å². The number of allylic oxidation sites excluding steroid dienone is 4. The average molecular weight is 231 g/mol. The highest BCUT2D eigenvalue weighted by atomic mass is 32.2. The van der Waals surface area contributed by atoms with Crippen molar-refractivity contribution in [2.24, 2.45) is 0 Å². The largest absolute Gasteiger partial charge is 0.326 e. The Morgan fingerprint density at radius 2 is 2.00 bits per heavy atom. The van der Waals surface area contributed by atoms with E-state index in [-0.39, 0.29) is 0 Å². The Morgan fingerprint density at radius 3 is 2.56 bits per heavy atom. The molecule has 0 aromatic heterocycles. The van der Waals surface area contributed by atoms with E-state index < -0.39 is 0 Å². The third-order valence-electron chi connectivity index (χ3n) is 1.95. The molecular formula is C14H17NS. The van der Waals surface area contributed by atoms with E-state index in [4.69, 9.17) is 0 Å². The topological polar surface area (TPSA) is 12.0 Å². The second kappa shape index (κ2) is 6.96. The lowest BCUT2D eigenvalue weighted by Gasteiger charge is -2.05. The van der Waals surface area contributed by atoms with Crippen molar-refractivity contribution < 1.29 is 0 Å². The number of aryl methyl sites for hydroxylation is 1. The van der Waals surface area contributed by atoms with Crippen LogP contribution in [0.4, 0.5) is 0 Å². The highest BCUT2D eigenvalue weighted by Gasteiger charge is 1.94. The second-order valence-corrected chi connectivity index (χ2v) is 4.25. The number of hydrogen-bond acceptors (Lipinski definition) is 2. The van der Waals surface area contributed by atoms with E-state index in [0.717, 1.165) is 5.70 Å². The molecule has 0 unspecified atom stereocenters. The molecule has 1 nitrogen and oxygen atoms in total. The van der Waals surface area contributed by atoms with Crippen molar-refractivity contribution in [2.45, 2.75) is 18.7 Å². The van der Waals surface area contributed by atoms with Gasteiger partial charge in [0.05, 0.1) is 0 Å². The van der Waals surface area contributed by atoms with Crippen LogP contribution in [-0.4, -0.2) is 0 Å². The monoisotopic (exact) mass is 231 g/mol. The Morgan fingerprint density at radius 1 is 1.31 bits per heavy atom. The predicted molar refractivity (Wildman–Crippen MR) is 73.3 cm³/mol. The molecule has 0 bridgehead atoms. The van der Waals surface area contributed by atoms with Crippen LogP contribution in [0.2, 0.25) is 0 Å². The van der Waals surface area contributed by atoms with Gasteiger partial charge in [-0.1, -0.05) is 36.4 Å². The molecule has 0 radical (unpaired) electrons. The van der Waals surface area contributed by atoms with Crippen molar-refractivity contribution in [3.63, 3.8) is 0 Å². The van der Waals surface area contributed by atoms with Crippen LogP contribution in [0.3, 0.4) is 0 Å². The van der Waals surface area contributed by atoms with Gasteiger partial charge in [-0.15, -0.1) is 0 Å². The first-order chi connectivity index (χ1) is 7.76. The first-order valence-electron chi connectivity index (χ1n) is 5.21. The molecule has 0 amide bonds. The molecule has 84 valence electrons. The zero-order chi connectivity index (χ0) is 11.8. The summed E-state index contributed by atoms with van der Waals surface area (Å²) in [5.41, 5.74) is 2.32. The van der Waals surface area contributed by atoms with Crippen molar-refractivity contribution in [3.8, 4) is 0 Å². The van der Waals surface area contributed by atoms with Gasteiger partial charge in [-0.25, -0.2) is 0 Å². The molecule has 0 aliphatic carbocycles. The number of rotatable bonds is 5. The van der Waals surface area contributed by atoms with Crippen molar-refractivity contribution in [2.75, 3.05) is 0 Å². The highest BCUT2D eigenvalue weighted by Crippen LogP contribution is 2.16. The minimum absolute atomic E-state index is 1.04. The first kappa shape index (κ1) is 12.7. The Balaban J connectivity index is 2.58. The normalized spacial score (nSPS) is 11.8. The fraction of sp³-hybridized carbons (Fsp3) is 0.143. The molecule has 1 aromatic carbocycles. The first-order valence-corrected chi connectivity index (χ1v) is 6.03. The summed E-state index contributed by atoms with van der Waals surface area (Å²) in [6.07, 6.45) is 7.74. The average Bonchev–Trinajstić information content (AvgIpc) is 2.29. The summed E-state index contributed by atoms with van der Waals surface area (Å²) in [4.78, 5) is 1.20. The lowest BCUT2D eigenvalue weighted by molar-refractivity contribution is 1.26. The summed E-state index contributed by atoms with van der Waals surface area (Å²) >= 11 is 1.60. The third-order valence-corrected chi connectivity index (χ3v) is 2.80. The minimum Gasteiger partial charge on any atom is -0.326 e. The van der Waals surface area contributed by atoms with Crippen LogP contribution in [0.25, 0.3) is 0 Å². The summed E-state index contributed by atoms with van der Waals surface area (Å²) in [5, 5.41) is 0. The molecule has 0 heterocycles. The second-order valence-electron chi connectivity index (χ2n) is 3.37. The molecule has 0 aliphatic rings. The Labute approximate surface area is 102 Å². The molecule has 0 aliphatic heterocycles. The molecule has 0 spiro atoms. The van der Waals surface area contributed by atoms with Crippen LogP contribution in [0.15, 0.2) is 65.7 Å². The van der Waals surface area contributed by atoms with E-state index in [2.05, 4.69) is 42.5 Å². The maximum Gasteiger partial charge on any atom is 0.0439 e. The van der Waals surface area contributed by atoms with Crippen LogP contribution in [0, 0.1) is 6.92 Å². The smallest absolute Gasteiger partial charge is 0.0439 e. The molecule has 1 N–H and O–H groups in total. The van der Waals surface area contributed by atoms with Gasteiger partial charge in [-0.05, 0) is 50.1 Å². The quantitative estimate of drug-likeness (QED) is 0.601. The molecular weight excluding hydrogens is 214 g/mol. The van der Waals surface area contributed by atoms with Gasteiger partial charge < -0.3 is 4.72 Å². The summed E-state index contributed by atoms with van der Waals surface area (Å²) in [7, 11) is 0. The predicted octanol–water partition coefficient (Wildman–Crippen LogP) is 4.24. The number of hydrogen-bond donors (Lipinski definition) is 1. The van der Waals surface area contributed by atoms with Crippen LogP contribution in [-0.2, 0) is 0 Å². The molecule has 0 fully saturated rings. The van der Waals surface area contributed by atoms with Crippen molar-refractivity contribution >= 4 is 11.9 Å². The van der Waals surface area contributed by atoms with Crippen LogP contribution in [0.1, 0.15) is 12.5 Å². The third kappa shape index (κ3) is 4.41. The molecule has 2 heteroatoms. The van der Waals surface area contributed by atoms with Crippen LogP contribution in [0.5, 0.6) is 0 Å². The molecule has 16 heavy (non-hydrogen) atoms. The minimum atomic E-state index is 1.04. The highest BCUT2D eigenvalue weighted by molar-refractivity contribution is 7.97. The SMILES string of the molecule is C=C/C=C(\C=C/C)NSc1ccc(C)cc1. The van der Waals surface area contributed by atoms with Gasteiger partial charge in [0.2, 0.25) is 0 Å². The van der Waals surface area contributed by atoms with Gasteiger partial charge in [-0.2, -0.15) is 0 Å². The maximum absolute atomic E-state index is 3.69. The van der Waals surface area contributed by atoms with Gasteiger partial charge in [0.25, 0.3) is 0 Å². The van der Waals surface area contributed by atoms with Gasteiger partial charge >= 0.3 is 0 Å². The fourth-order valence-corrected chi connectivity index (χ4v) is 1.80. The summed E-state index contributed by atoms with van der Waals surface area (Å²) < 4.78 is 3.28. The van der Waals surface area contributed by atoms with E-state index in [1.807, 2.05) is 25.2 Å². The standard InChI is InChI=1S/C14H17NS/c1-4-6-13(7-5-2)15-16-14-10-8-12(3)9-11-14/h4-11,15H,1H2,2-3H3/b7-5-,13-6+. The van der Waals surface area contributed by atoms with Crippen molar-refractivity contribution in [3.05, 3.63) is 66.4 Å². The molecule has 0 saturated heterocycles. The van der Waals surface area contributed by atoms with Crippen LogP contribution < -0.4 is 4.72 Å². The van der Waals surface area contributed by atoms with Gasteiger partial charge in [0.1, 0.15) is 0 Å². The summed E-state index contributed by atoms with van der Waals surface area (Å²) in [6, 6.07) is 8.43. The van der Waals surface area contributed by atoms with E-state index >= 15 is 0 Å². The Bertz CT molecular complexity index is 388. The lowest BCUT2D eigenvalue weighted by atomic mass is 10.2. The fourth-order valence-electron chi connectivity index (χ4n) is 1.15. The summed E-state index contributed by atoms with van der Waals surface area (Å²) in [5.74, 6) is 0. The number of benzene rings is 1. The van der Waals surface area contributed by atoms with E-state index in [0.29, 0.717) is 0 Å². The zero-order valence-corrected chi connectivity index (χ0v) is 10.6. The van der Waals surface area contributed by atoms with E-state index in [1.165, 1.54) is 10.5 Å². The molecule has 1 aromatic rings. The Hall–Kier alpha value is -1.41. The van der Waals surface area contributed by atoms with Gasteiger partial charge in [0.15, 0.2) is 0 Å². The van der Waals surface area contributed by atoms with Crippen molar-refractivity contribution in [1.82, 2.24) is 4.72 Å².